The van der Waals surface area contributed by atoms with Gasteiger partial charge in [0.25, 0.3) is 0 Å². The molecule has 0 saturated heterocycles. The Labute approximate surface area is 81.5 Å². The number of hydrogen-bond acceptors (Lipinski definition) is 5. The van der Waals surface area contributed by atoms with Gasteiger partial charge in [-0.05, 0) is 0 Å². The second-order valence-electron chi connectivity index (χ2n) is 2.14. The summed E-state index contributed by atoms with van der Waals surface area (Å²) in [4.78, 5) is 14.6. The maximum atomic E-state index is 10.7. The first kappa shape index (κ1) is 11.9. The van der Waals surface area contributed by atoms with Crippen molar-refractivity contribution in [1.82, 2.24) is 14.8 Å². The normalized spacial score (nSPS) is 9.08. The van der Waals surface area contributed by atoms with Gasteiger partial charge in [-0.25, -0.2) is 9.67 Å². The zero-order chi connectivity index (χ0) is 8.97. The Morgan fingerprint density at radius 1 is 1.77 bits per heavy atom. The third-order valence-corrected chi connectivity index (χ3v) is 1.29. The Balaban J connectivity index is 0.00000144. The second-order valence-corrected chi connectivity index (χ2v) is 2.14. The quantitative estimate of drug-likeness (QED) is 0.664. The van der Waals surface area contributed by atoms with E-state index < -0.39 is 0 Å². The van der Waals surface area contributed by atoms with E-state index in [4.69, 9.17) is 5.73 Å². The van der Waals surface area contributed by atoms with Crippen molar-refractivity contribution >= 4 is 18.4 Å². The van der Waals surface area contributed by atoms with E-state index in [1.54, 1.807) is 0 Å². The van der Waals surface area contributed by atoms with Crippen LogP contribution < -0.4 is 5.73 Å². The predicted molar refractivity (Wildman–Crippen MR) is 47.2 cm³/mol. The Hall–Kier alpha value is -1.14. The largest absolute Gasteiger partial charge is 0.468 e. The van der Waals surface area contributed by atoms with Crippen molar-refractivity contribution in [3.63, 3.8) is 0 Å². The molecule has 7 heteroatoms. The first-order valence-corrected chi connectivity index (χ1v) is 3.41. The molecule has 0 aliphatic heterocycles. The fourth-order valence-corrected chi connectivity index (χ4v) is 0.700. The van der Waals surface area contributed by atoms with Crippen LogP contribution in [0.15, 0.2) is 6.33 Å². The van der Waals surface area contributed by atoms with E-state index in [-0.39, 0.29) is 31.5 Å². The summed E-state index contributed by atoms with van der Waals surface area (Å²) < 4.78 is 5.82. The van der Waals surface area contributed by atoms with E-state index in [9.17, 15) is 4.79 Å². The van der Waals surface area contributed by atoms with Gasteiger partial charge >= 0.3 is 5.97 Å². The van der Waals surface area contributed by atoms with Crippen molar-refractivity contribution in [1.29, 1.82) is 0 Å². The molecule has 74 valence electrons. The maximum absolute atomic E-state index is 10.7. The van der Waals surface area contributed by atoms with Crippen LogP contribution in [0.5, 0.6) is 0 Å². The van der Waals surface area contributed by atoms with Gasteiger partial charge in [-0.2, -0.15) is 5.10 Å². The second kappa shape index (κ2) is 5.50. The van der Waals surface area contributed by atoms with Crippen LogP contribution in [0.25, 0.3) is 0 Å². The molecule has 6 nitrogen and oxygen atoms in total. The van der Waals surface area contributed by atoms with Crippen molar-refractivity contribution in [2.45, 2.75) is 13.1 Å². The number of hydrogen-bond donors (Lipinski definition) is 1. The average molecular weight is 207 g/mol. The number of methoxy groups -OCH3 is 1. The number of nitrogens with zero attached hydrogens (tertiary/aromatic N) is 3. The Morgan fingerprint density at radius 3 is 2.92 bits per heavy atom. The van der Waals surface area contributed by atoms with Crippen molar-refractivity contribution in [2.24, 2.45) is 5.73 Å². The number of aromatic nitrogens is 3. The molecule has 2 N–H and O–H groups in total. The number of nitrogens with two attached hydrogens (primary N) is 1. The van der Waals surface area contributed by atoms with Crippen LogP contribution in [0.1, 0.15) is 5.82 Å². The summed E-state index contributed by atoms with van der Waals surface area (Å²) in [7, 11) is 1.32. The molecule has 1 heterocycles. The van der Waals surface area contributed by atoms with Crippen LogP contribution in [0.3, 0.4) is 0 Å². The molecule has 0 fully saturated rings. The molecule has 0 atom stereocenters. The Morgan fingerprint density at radius 2 is 2.46 bits per heavy atom. The summed E-state index contributed by atoms with van der Waals surface area (Å²) in [5, 5.41) is 3.90. The van der Waals surface area contributed by atoms with Crippen LogP contribution in [0.4, 0.5) is 0 Å². The highest BCUT2D eigenvalue weighted by Gasteiger charge is 2.03. The lowest BCUT2D eigenvalue weighted by Crippen LogP contribution is -2.12. The van der Waals surface area contributed by atoms with Gasteiger partial charge in [-0.1, -0.05) is 0 Å². The molecule has 0 aromatic carbocycles. The highest BCUT2D eigenvalue weighted by atomic mass is 35.5. The number of halogens is 1. The van der Waals surface area contributed by atoms with Crippen molar-refractivity contribution in [3.8, 4) is 0 Å². The van der Waals surface area contributed by atoms with E-state index >= 15 is 0 Å². The van der Waals surface area contributed by atoms with E-state index in [1.165, 1.54) is 18.1 Å². The fraction of sp³-hybridized carbons (Fsp3) is 0.500. The van der Waals surface area contributed by atoms with Crippen LogP contribution in [0.2, 0.25) is 0 Å². The summed E-state index contributed by atoms with van der Waals surface area (Å²) in [5.74, 6) is 0.155. The van der Waals surface area contributed by atoms with Gasteiger partial charge in [0, 0.05) is 0 Å². The number of ether oxygens (including phenoxy) is 1. The monoisotopic (exact) mass is 206 g/mol. The first-order valence-electron chi connectivity index (χ1n) is 3.41. The van der Waals surface area contributed by atoms with Crippen LogP contribution >= 0.6 is 12.4 Å². The molecule has 0 unspecified atom stereocenters. The molecule has 0 amide bonds. The molecule has 0 spiro atoms. The molecule has 0 saturated carbocycles. The topological polar surface area (TPSA) is 83.0 Å². The van der Waals surface area contributed by atoms with Crippen molar-refractivity contribution < 1.29 is 9.53 Å². The lowest BCUT2D eigenvalue weighted by molar-refractivity contribution is -0.141. The summed E-state index contributed by atoms with van der Waals surface area (Å²) >= 11 is 0. The van der Waals surface area contributed by atoms with Crippen LogP contribution in [-0.4, -0.2) is 27.8 Å². The SMILES string of the molecule is COC(=O)Cn1cnc(CN)n1.Cl. The molecule has 1 aromatic heterocycles. The minimum Gasteiger partial charge on any atom is -0.468 e. The molecule has 0 aliphatic carbocycles. The lowest BCUT2D eigenvalue weighted by Gasteiger charge is -1.96. The smallest absolute Gasteiger partial charge is 0.327 e. The fourth-order valence-electron chi connectivity index (χ4n) is 0.700. The molecule has 1 aromatic rings. The minimum absolute atomic E-state index is 0. The number of carbonyl (C=O) groups is 1. The van der Waals surface area contributed by atoms with Gasteiger partial charge in [-0.15, -0.1) is 12.4 Å². The van der Waals surface area contributed by atoms with Gasteiger partial charge in [0.1, 0.15) is 12.9 Å². The van der Waals surface area contributed by atoms with E-state index in [1.807, 2.05) is 0 Å². The molecular formula is C6H11ClN4O2. The van der Waals surface area contributed by atoms with Crippen LogP contribution in [0, 0.1) is 0 Å². The molecule has 0 radical (unpaired) electrons. The van der Waals surface area contributed by atoms with E-state index in [0.29, 0.717) is 5.82 Å². The predicted octanol–water partition coefficient (Wildman–Crippen LogP) is -0.668. The summed E-state index contributed by atoms with van der Waals surface area (Å²) in [6.07, 6.45) is 1.44. The lowest BCUT2D eigenvalue weighted by atomic mass is 10.6. The summed E-state index contributed by atoms with van der Waals surface area (Å²) in [6.45, 7) is 0.345. The van der Waals surface area contributed by atoms with Crippen molar-refractivity contribution in [2.75, 3.05) is 7.11 Å². The maximum Gasteiger partial charge on any atom is 0.327 e. The van der Waals surface area contributed by atoms with Gasteiger partial charge in [0.2, 0.25) is 0 Å². The standard InChI is InChI=1S/C6H10N4O2.ClH/c1-12-6(11)3-10-4-8-5(2-7)9-10;/h4H,2-3,7H2,1H3;1H. The number of carbonyl (C=O) groups excluding carboxylic acids is 1. The third kappa shape index (κ3) is 3.39. The highest BCUT2D eigenvalue weighted by molar-refractivity contribution is 5.85. The van der Waals surface area contributed by atoms with Gasteiger partial charge in [0.15, 0.2) is 5.82 Å². The molecule has 1 rings (SSSR count). The Bertz CT molecular complexity index is 275. The van der Waals surface area contributed by atoms with E-state index in [2.05, 4.69) is 14.8 Å². The Kier molecular flexibility index (Phi) is 5.01. The molecule has 13 heavy (non-hydrogen) atoms. The van der Waals surface area contributed by atoms with Gasteiger partial charge in [0.05, 0.1) is 13.7 Å². The van der Waals surface area contributed by atoms with Crippen LogP contribution in [-0.2, 0) is 22.6 Å². The zero-order valence-corrected chi connectivity index (χ0v) is 7.95. The zero-order valence-electron chi connectivity index (χ0n) is 7.14. The minimum atomic E-state index is -0.358. The number of rotatable bonds is 3. The number of esters is 1. The third-order valence-electron chi connectivity index (χ3n) is 1.29. The van der Waals surface area contributed by atoms with E-state index in [0.717, 1.165) is 0 Å². The molecular weight excluding hydrogens is 196 g/mol. The first-order chi connectivity index (χ1) is 5.76. The van der Waals surface area contributed by atoms with Gasteiger partial charge in [-0.3, -0.25) is 4.79 Å². The summed E-state index contributed by atoms with van der Waals surface area (Å²) in [5.41, 5.74) is 5.27. The molecule has 0 aliphatic rings. The van der Waals surface area contributed by atoms with Gasteiger partial charge < -0.3 is 10.5 Å². The average Bonchev–Trinajstić information content (AvgIpc) is 2.52. The molecule has 0 bridgehead atoms. The summed E-state index contributed by atoms with van der Waals surface area (Å²) in [6, 6.07) is 0. The van der Waals surface area contributed by atoms with Crippen molar-refractivity contribution in [3.05, 3.63) is 12.2 Å². The highest BCUT2D eigenvalue weighted by Crippen LogP contribution is 1.88.